The third kappa shape index (κ3) is 4.01. The molecule has 2 aromatic heterocycles. The lowest BCUT2D eigenvalue weighted by molar-refractivity contribution is -0.133. The van der Waals surface area contributed by atoms with Crippen LogP contribution in [0.4, 0.5) is 20.7 Å². The van der Waals surface area contributed by atoms with E-state index < -0.39 is 35.0 Å². The van der Waals surface area contributed by atoms with Gasteiger partial charge in [-0.1, -0.05) is 0 Å². The molecule has 2 aliphatic rings. The summed E-state index contributed by atoms with van der Waals surface area (Å²) < 4.78 is 22.1. The lowest BCUT2D eigenvalue weighted by Gasteiger charge is -2.53. The molecule has 36 heavy (non-hydrogen) atoms. The van der Waals surface area contributed by atoms with Gasteiger partial charge in [0.15, 0.2) is 5.58 Å². The number of hydrogen-bond acceptors (Lipinski definition) is 6. The first-order valence-corrected chi connectivity index (χ1v) is 12.5. The average molecular weight is 610 g/mol. The van der Waals surface area contributed by atoms with Gasteiger partial charge in [-0.15, -0.1) is 0 Å². The van der Waals surface area contributed by atoms with Gasteiger partial charge in [0.1, 0.15) is 22.8 Å². The van der Waals surface area contributed by atoms with Crippen molar-refractivity contribution in [2.24, 2.45) is 7.05 Å². The van der Waals surface area contributed by atoms with E-state index in [-0.39, 0.29) is 41.1 Å². The van der Waals surface area contributed by atoms with Crippen molar-refractivity contribution in [3.63, 3.8) is 0 Å². The molecule has 1 atom stereocenters. The van der Waals surface area contributed by atoms with Gasteiger partial charge in [-0.05, 0) is 66.1 Å². The Hall–Kier alpha value is -3.13. The Morgan fingerprint density at radius 1 is 1.25 bits per heavy atom. The molecule has 4 heterocycles. The lowest BCUT2D eigenvalue weighted by Crippen LogP contribution is -2.73. The zero-order valence-corrected chi connectivity index (χ0v) is 21.5. The van der Waals surface area contributed by atoms with Crippen LogP contribution in [0.2, 0.25) is 0 Å². The van der Waals surface area contributed by atoms with E-state index in [1.54, 1.807) is 6.07 Å². The number of nitrogens with one attached hydrogen (secondary N) is 1. The molecule has 2 fully saturated rings. The quantitative estimate of drug-likeness (QED) is 0.387. The van der Waals surface area contributed by atoms with Crippen molar-refractivity contribution in [3.8, 4) is 0 Å². The van der Waals surface area contributed by atoms with Crippen LogP contribution in [-0.2, 0) is 7.05 Å². The molecule has 0 spiro atoms. The number of aliphatic hydroxyl groups is 1. The number of β-amino-alcohol motifs (C(OH)–C–C–N with tert-alkyl or cyclic N) is 1. The Morgan fingerprint density at radius 2 is 2.00 bits per heavy atom. The number of nitrogens with zero attached hydrogens (tertiary/aromatic N) is 3. The number of furan rings is 1. The Bertz CT molecular complexity index is 1430. The molecule has 12 heteroatoms. The van der Waals surface area contributed by atoms with E-state index in [0.29, 0.717) is 16.5 Å². The Morgan fingerprint density at radius 3 is 2.69 bits per heavy atom. The minimum Gasteiger partial charge on any atom is -0.465 e. The number of likely N-dealkylation sites (tertiary alicyclic amines) is 2. The van der Waals surface area contributed by atoms with E-state index in [2.05, 4.69) is 5.32 Å². The number of anilines is 2. The van der Waals surface area contributed by atoms with Gasteiger partial charge in [0, 0.05) is 17.2 Å². The smallest absolute Gasteiger partial charge is 0.407 e. The number of hydrogen-bond donors (Lipinski definition) is 3. The van der Waals surface area contributed by atoms with Crippen molar-refractivity contribution in [2.45, 2.75) is 30.9 Å². The second kappa shape index (κ2) is 9.07. The number of benzene rings is 1. The molecule has 0 aliphatic carbocycles. The van der Waals surface area contributed by atoms with Gasteiger partial charge in [0.05, 0.1) is 36.5 Å². The van der Waals surface area contributed by atoms with Crippen LogP contribution in [0.15, 0.2) is 39.7 Å². The van der Waals surface area contributed by atoms with E-state index in [4.69, 9.17) is 4.42 Å². The number of piperidine rings is 1. The molecule has 1 unspecified atom stereocenters. The van der Waals surface area contributed by atoms with Crippen LogP contribution >= 0.6 is 22.6 Å². The van der Waals surface area contributed by atoms with Crippen molar-refractivity contribution in [1.82, 2.24) is 14.4 Å². The average Bonchev–Trinajstić information content (AvgIpc) is 3.31. The molecule has 0 saturated carbocycles. The fourth-order valence-corrected chi connectivity index (χ4v) is 5.59. The third-order valence-corrected chi connectivity index (χ3v) is 7.65. The maximum absolute atomic E-state index is 14.6. The van der Waals surface area contributed by atoms with Crippen LogP contribution in [0.1, 0.15) is 29.6 Å². The number of carbonyl (C=O) groups excluding carboxylic acids is 1. The predicted molar refractivity (Wildman–Crippen MR) is 137 cm³/mol. The highest BCUT2D eigenvalue weighted by molar-refractivity contribution is 14.1. The van der Waals surface area contributed by atoms with Gasteiger partial charge in [0.25, 0.3) is 11.5 Å². The first kappa shape index (κ1) is 24.6. The fourth-order valence-electron chi connectivity index (χ4n) is 5.14. The normalized spacial score (nSPS) is 19.3. The lowest BCUT2D eigenvalue weighted by atomic mass is 9.80. The summed E-state index contributed by atoms with van der Waals surface area (Å²) in [5.74, 6) is -1.04. The number of carbonyl (C=O) groups is 2. The maximum atomic E-state index is 14.6. The molecule has 3 N–H and O–H groups in total. The number of amides is 2. The zero-order chi connectivity index (χ0) is 25.8. The standard InChI is InChI=1S/C24H24FIN4O6/c1-28-20(27-16-6-5-13(26)10-15(16)25)18(19-14(21(28)31)7-9-36-19)22(32)29-11-24(35,12-29)17-4-2-3-8-30(17)23(33)34/h5-7,9-10,17,27,35H,2-4,8,11-12H2,1H3,(H,33,34). The van der Waals surface area contributed by atoms with Crippen molar-refractivity contribution in [1.29, 1.82) is 0 Å². The molecular formula is C24H24FIN4O6. The van der Waals surface area contributed by atoms with E-state index in [1.807, 2.05) is 22.6 Å². The molecule has 2 aliphatic heterocycles. The SMILES string of the molecule is Cn1c(Nc2ccc(I)cc2F)c(C(=O)N2CC(O)(C3CCCCN3C(=O)O)C2)c2occc2c1=O. The van der Waals surface area contributed by atoms with Crippen LogP contribution in [0.25, 0.3) is 11.0 Å². The highest BCUT2D eigenvalue weighted by Crippen LogP contribution is 2.37. The minimum absolute atomic E-state index is 0.0239. The molecule has 5 rings (SSSR count). The molecular weight excluding hydrogens is 586 g/mol. The van der Waals surface area contributed by atoms with Crippen molar-refractivity contribution >= 4 is 57.1 Å². The summed E-state index contributed by atoms with van der Waals surface area (Å²) in [6, 6.07) is 5.36. The summed E-state index contributed by atoms with van der Waals surface area (Å²) in [5.41, 5.74) is -1.66. The van der Waals surface area contributed by atoms with Gasteiger partial charge in [-0.2, -0.15) is 0 Å². The Balaban J connectivity index is 1.50. The number of carboxylic acid groups (broad SMARTS) is 1. The summed E-state index contributed by atoms with van der Waals surface area (Å²) in [7, 11) is 1.47. The Labute approximate surface area is 218 Å². The van der Waals surface area contributed by atoms with Gasteiger partial charge in [-0.25, -0.2) is 9.18 Å². The maximum Gasteiger partial charge on any atom is 0.407 e. The molecule has 3 aromatic rings. The number of aromatic nitrogens is 1. The van der Waals surface area contributed by atoms with E-state index in [1.165, 1.54) is 45.9 Å². The number of pyridine rings is 1. The van der Waals surface area contributed by atoms with Crippen LogP contribution in [0.3, 0.4) is 0 Å². The molecule has 2 amide bonds. The zero-order valence-electron chi connectivity index (χ0n) is 19.3. The molecule has 1 aromatic carbocycles. The van der Waals surface area contributed by atoms with Crippen molar-refractivity contribution in [2.75, 3.05) is 25.0 Å². The second-order valence-electron chi connectivity index (χ2n) is 9.25. The van der Waals surface area contributed by atoms with E-state index in [9.17, 15) is 29.0 Å². The summed E-state index contributed by atoms with van der Waals surface area (Å²) in [5, 5.41) is 23.8. The minimum atomic E-state index is -1.38. The summed E-state index contributed by atoms with van der Waals surface area (Å²) in [6.45, 7) is 0.172. The van der Waals surface area contributed by atoms with Gasteiger partial charge in [0.2, 0.25) is 0 Å². The predicted octanol–water partition coefficient (Wildman–Crippen LogP) is 3.34. The number of fused-ring (bicyclic) bond motifs is 1. The second-order valence-corrected chi connectivity index (χ2v) is 10.5. The Kier molecular flexibility index (Phi) is 6.19. The molecule has 190 valence electrons. The summed E-state index contributed by atoms with van der Waals surface area (Å²) >= 11 is 1.98. The topological polar surface area (TPSA) is 128 Å². The van der Waals surface area contributed by atoms with Crippen molar-refractivity contribution in [3.05, 3.63) is 55.8 Å². The first-order chi connectivity index (χ1) is 17.1. The first-order valence-electron chi connectivity index (χ1n) is 11.4. The summed E-state index contributed by atoms with van der Waals surface area (Å²) in [6.07, 6.45) is 2.22. The highest BCUT2D eigenvalue weighted by Gasteiger charge is 2.53. The van der Waals surface area contributed by atoms with Crippen LogP contribution in [0, 0.1) is 9.39 Å². The molecule has 0 bridgehead atoms. The largest absolute Gasteiger partial charge is 0.465 e. The van der Waals surface area contributed by atoms with Gasteiger partial charge < -0.3 is 29.7 Å². The summed E-state index contributed by atoms with van der Waals surface area (Å²) in [4.78, 5) is 40.9. The van der Waals surface area contributed by atoms with E-state index in [0.717, 1.165) is 12.8 Å². The number of rotatable bonds is 4. The molecule has 0 radical (unpaired) electrons. The fraction of sp³-hybridized carbons (Fsp3) is 0.375. The van der Waals surface area contributed by atoms with Gasteiger partial charge >= 0.3 is 6.09 Å². The third-order valence-electron chi connectivity index (χ3n) is 6.98. The molecule has 2 saturated heterocycles. The monoisotopic (exact) mass is 610 g/mol. The van der Waals surface area contributed by atoms with Gasteiger partial charge in [-0.3, -0.25) is 14.2 Å². The van der Waals surface area contributed by atoms with E-state index >= 15 is 0 Å². The van der Waals surface area contributed by atoms with Crippen LogP contribution < -0.4 is 10.9 Å². The van der Waals surface area contributed by atoms with Crippen LogP contribution in [-0.4, -0.2) is 67.9 Å². The number of halogens is 2. The molecule has 10 nitrogen and oxygen atoms in total. The highest BCUT2D eigenvalue weighted by atomic mass is 127. The van der Waals surface area contributed by atoms with Crippen LogP contribution in [0.5, 0.6) is 0 Å². The van der Waals surface area contributed by atoms with Crippen molar-refractivity contribution < 1.29 is 28.6 Å².